The van der Waals surface area contributed by atoms with Gasteiger partial charge in [0.1, 0.15) is 22.6 Å². The van der Waals surface area contributed by atoms with E-state index in [9.17, 15) is 19.8 Å². The Hall–Kier alpha value is -3.42. The Morgan fingerprint density at radius 2 is 1.52 bits per heavy atom. The Morgan fingerprint density at radius 1 is 0.818 bits per heavy atom. The minimum Gasteiger partial charge on any atom is -0.507 e. The van der Waals surface area contributed by atoms with Crippen molar-refractivity contribution >= 4 is 11.9 Å². The maximum absolute atomic E-state index is 13.1. The molecule has 0 aromatic heterocycles. The number of benzene rings is 2. The van der Waals surface area contributed by atoms with Crippen LogP contribution in [0.2, 0.25) is 0 Å². The van der Waals surface area contributed by atoms with Crippen LogP contribution in [0.15, 0.2) is 18.2 Å². The van der Waals surface area contributed by atoms with E-state index in [0.717, 1.165) is 19.3 Å². The maximum atomic E-state index is 13.1. The second-order valence-electron chi connectivity index (χ2n) is 7.56. The van der Waals surface area contributed by atoms with Gasteiger partial charge in [-0.15, -0.1) is 0 Å². The van der Waals surface area contributed by atoms with Crippen LogP contribution in [-0.2, 0) is 17.6 Å². The number of phenolic OH excluding ortho intramolecular Hbond substituents is 2. The van der Waals surface area contributed by atoms with Crippen LogP contribution >= 0.6 is 0 Å². The standard InChI is InChI=1S/C25H32O8/c1-6-8-9-11-16-13-19(31-4)23(22(27)21(16)24(28)32-5)33-25(29)20-15(10-7-2)12-17(30-3)14-18(20)26/h12-14,26-27H,6-11H2,1-5H3. The highest BCUT2D eigenvalue weighted by atomic mass is 16.6. The minimum atomic E-state index is -0.901. The van der Waals surface area contributed by atoms with Gasteiger partial charge in [-0.05, 0) is 42.5 Å². The van der Waals surface area contributed by atoms with Crippen LogP contribution in [0.1, 0.15) is 71.4 Å². The first-order valence-corrected chi connectivity index (χ1v) is 11.0. The topological polar surface area (TPSA) is 112 Å². The molecule has 0 aliphatic carbocycles. The SMILES string of the molecule is CCCCCc1cc(OC)c(OC(=O)c2c(O)cc(OC)cc2CCC)c(O)c1C(=O)OC. The minimum absolute atomic E-state index is 0.0502. The molecule has 0 aliphatic heterocycles. The van der Waals surface area contributed by atoms with E-state index in [1.54, 1.807) is 12.1 Å². The van der Waals surface area contributed by atoms with Gasteiger partial charge in [-0.1, -0.05) is 33.1 Å². The average molecular weight is 461 g/mol. The quantitative estimate of drug-likeness (QED) is 0.279. The summed E-state index contributed by atoms with van der Waals surface area (Å²) in [7, 11) is 4.04. The molecule has 0 amide bonds. The van der Waals surface area contributed by atoms with Gasteiger partial charge in [-0.3, -0.25) is 0 Å². The summed E-state index contributed by atoms with van der Waals surface area (Å²) in [6, 6.07) is 4.52. The van der Waals surface area contributed by atoms with E-state index >= 15 is 0 Å². The van der Waals surface area contributed by atoms with Gasteiger partial charge in [0.25, 0.3) is 0 Å². The van der Waals surface area contributed by atoms with E-state index in [-0.39, 0.29) is 28.4 Å². The van der Waals surface area contributed by atoms with Crippen LogP contribution in [0.4, 0.5) is 0 Å². The number of rotatable bonds is 11. The zero-order valence-electron chi connectivity index (χ0n) is 19.8. The molecule has 2 rings (SSSR count). The first-order chi connectivity index (χ1) is 15.8. The third-order valence-electron chi connectivity index (χ3n) is 5.29. The Bertz CT molecular complexity index is 997. The Balaban J connectivity index is 2.57. The van der Waals surface area contributed by atoms with E-state index in [0.29, 0.717) is 36.1 Å². The molecule has 2 aromatic carbocycles. The molecule has 0 saturated carbocycles. The normalized spacial score (nSPS) is 10.6. The lowest BCUT2D eigenvalue weighted by atomic mass is 9.99. The van der Waals surface area contributed by atoms with Crippen molar-refractivity contribution in [2.45, 2.75) is 52.4 Å². The largest absolute Gasteiger partial charge is 0.507 e. The molecule has 0 heterocycles. The molecule has 0 radical (unpaired) electrons. The summed E-state index contributed by atoms with van der Waals surface area (Å²) in [5, 5.41) is 21.4. The highest BCUT2D eigenvalue weighted by Crippen LogP contribution is 2.43. The number of methoxy groups -OCH3 is 3. The molecule has 0 saturated heterocycles. The highest BCUT2D eigenvalue weighted by molar-refractivity contribution is 5.99. The summed E-state index contributed by atoms with van der Waals surface area (Å²) in [6.07, 6.45) is 4.43. The van der Waals surface area contributed by atoms with Crippen molar-refractivity contribution in [3.05, 3.63) is 40.5 Å². The number of phenols is 2. The number of aryl methyl sites for hydroxylation is 2. The van der Waals surface area contributed by atoms with Crippen molar-refractivity contribution in [3.63, 3.8) is 0 Å². The Labute approximate surface area is 194 Å². The van der Waals surface area contributed by atoms with Crippen molar-refractivity contribution in [3.8, 4) is 28.7 Å². The number of carbonyl (C=O) groups excluding carboxylic acids is 2. The van der Waals surface area contributed by atoms with Crippen molar-refractivity contribution < 1.29 is 38.7 Å². The van der Waals surface area contributed by atoms with Gasteiger partial charge in [-0.25, -0.2) is 9.59 Å². The molecule has 33 heavy (non-hydrogen) atoms. The number of unbranched alkanes of at least 4 members (excludes halogenated alkanes) is 2. The van der Waals surface area contributed by atoms with Gasteiger partial charge >= 0.3 is 11.9 Å². The van der Waals surface area contributed by atoms with Crippen molar-refractivity contribution in [2.24, 2.45) is 0 Å². The lowest BCUT2D eigenvalue weighted by molar-refractivity contribution is 0.0590. The van der Waals surface area contributed by atoms with Gasteiger partial charge < -0.3 is 29.2 Å². The fraction of sp³-hybridized carbons (Fsp3) is 0.440. The molecular formula is C25H32O8. The zero-order chi connectivity index (χ0) is 24.5. The highest BCUT2D eigenvalue weighted by Gasteiger charge is 2.28. The third-order valence-corrected chi connectivity index (χ3v) is 5.29. The maximum Gasteiger partial charge on any atom is 0.347 e. The summed E-state index contributed by atoms with van der Waals surface area (Å²) >= 11 is 0. The van der Waals surface area contributed by atoms with Crippen LogP contribution in [0.3, 0.4) is 0 Å². The average Bonchev–Trinajstić information content (AvgIpc) is 2.80. The van der Waals surface area contributed by atoms with Gasteiger partial charge in [0.05, 0.1) is 21.3 Å². The van der Waals surface area contributed by atoms with Gasteiger partial charge in [-0.2, -0.15) is 0 Å². The van der Waals surface area contributed by atoms with Crippen molar-refractivity contribution in [1.82, 2.24) is 0 Å². The zero-order valence-corrected chi connectivity index (χ0v) is 19.8. The second kappa shape index (κ2) is 12.0. The predicted molar refractivity (Wildman–Crippen MR) is 123 cm³/mol. The van der Waals surface area contributed by atoms with Crippen LogP contribution in [-0.4, -0.2) is 43.5 Å². The number of aromatic hydroxyl groups is 2. The molecule has 0 spiro atoms. The molecule has 0 atom stereocenters. The van der Waals surface area contributed by atoms with Gasteiger partial charge in [0, 0.05) is 6.07 Å². The molecule has 8 nitrogen and oxygen atoms in total. The smallest absolute Gasteiger partial charge is 0.347 e. The summed E-state index contributed by atoms with van der Waals surface area (Å²) in [5.41, 5.74) is 0.932. The van der Waals surface area contributed by atoms with E-state index in [1.165, 1.54) is 27.4 Å². The number of hydrogen-bond acceptors (Lipinski definition) is 8. The third kappa shape index (κ3) is 5.88. The van der Waals surface area contributed by atoms with Crippen molar-refractivity contribution in [1.29, 1.82) is 0 Å². The molecule has 0 bridgehead atoms. The molecule has 0 unspecified atom stereocenters. The molecule has 2 N–H and O–H groups in total. The summed E-state index contributed by atoms with van der Waals surface area (Å²) in [5.74, 6) is -2.35. The van der Waals surface area contributed by atoms with Crippen LogP contribution in [0.5, 0.6) is 28.7 Å². The molecule has 0 aliphatic rings. The Morgan fingerprint density at radius 3 is 2.09 bits per heavy atom. The molecule has 2 aromatic rings. The first kappa shape index (κ1) is 25.8. The van der Waals surface area contributed by atoms with E-state index < -0.39 is 17.7 Å². The molecule has 0 fully saturated rings. The van der Waals surface area contributed by atoms with Crippen LogP contribution in [0.25, 0.3) is 0 Å². The lowest BCUT2D eigenvalue weighted by Gasteiger charge is -2.18. The Kier molecular flexibility index (Phi) is 9.39. The lowest BCUT2D eigenvalue weighted by Crippen LogP contribution is -2.15. The first-order valence-electron chi connectivity index (χ1n) is 11.0. The van der Waals surface area contributed by atoms with Crippen LogP contribution in [0, 0.1) is 0 Å². The fourth-order valence-corrected chi connectivity index (χ4v) is 3.64. The predicted octanol–water partition coefficient (Wildman–Crippen LogP) is 4.81. The summed E-state index contributed by atoms with van der Waals surface area (Å²) in [4.78, 5) is 25.5. The number of ether oxygens (including phenoxy) is 4. The molecule has 180 valence electrons. The second-order valence-corrected chi connectivity index (χ2v) is 7.56. The van der Waals surface area contributed by atoms with E-state index in [4.69, 9.17) is 18.9 Å². The van der Waals surface area contributed by atoms with Crippen molar-refractivity contribution in [2.75, 3.05) is 21.3 Å². The monoisotopic (exact) mass is 460 g/mol. The molecule has 8 heteroatoms. The number of esters is 2. The number of carbonyl (C=O) groups is 2. The number of hydrogen-bond donors (Lipinski definition) is 2. The van der Waals surface area contributed by atoms with Gasteiger partial charge in [0.15, 0.2) is 11.5 Å². The van der Waals surface area contributed by atoms with E-state index in [2.05, 4.69) is 6.92 Å². The molecular weight excluding hydrogens is 428 g/mol. The van der Waals surface area contributed by atoms with Gasteiger partial charge in [0.2, 0.25) is 5.75 Å². The van der Waals surface area contributed by atoms with Crippen LogP contribution < -0.4 is 14.2 Å². The fourth-order valence-electron chi connectivity index (χ4n) is 3.64. The van der Waals surface area contributed by atoms with E-state index in [1.807, 2.05) is 6.92 Å². The summed E-state index contributed by atoms with van der Waals surface area (Å²) < 4.78 is 20.9. The summed E-state index contributed by atoms with van der Waals surface area (Å²) in [6.45, 7) is 3.99.